The molecule has 1 N–H and O–H groups in total. The van der Waals surface area contributed by atoms with Crippen LogP contribution in [0.15, 0.2) is 42.5 Å². The molecule has 1 aliphatic rings. The normalized spacial score (nSPS) is 14.7. The van der Waals surface area contributed by atoms with E-state index in [-0.39, 0.29) is 11.7 Å². The number of phenolic OH excluding ortho intramolecular Hbond substituents is 1. The van der Waals surface area contributed by atoms with Gasteiger partial charge in [0.1, 0.15) is 0 Å². The standard InChI is InChI=1S/C16H16O4/c1-18-14-7-6-11(8-13(14)17)12-9-19-15-4-2-3-5-16(15)20-10-12/h2-8,12,17H,9-10H2,1H3. The third kappa shape index (κ3) is 2.37. The lowest BCUT2D eigenvalue weighted by molar-refractivity contribution is 0.263. The molecule has 0 unspecified atom stereocenters. The van der Waals surface area contributed by atoms with Crippen molar-refractivity contribution in [2.45, 2.75) is 5.92 Å². The second-order valence-corrected chi connectivity index (χ2v) is 4.70. The molecule has 0 aliphatic carbocycles. The number of methoxy groups -OCH3 is 1. The van der Waals surface area contributed by atoms with Crippen LogP contribution in [0.1, 0.15) is 11.5 Å². The van der Waals surface area contributed by atoms with Gasteiger partial charge in [-0.15, -0.1) is 0 Å². The maximum absolute atomic E-state index is 9.86. The first-order chi connectivity index (χ1) is 9.78. The lowest BCUT2D eigenvalue weighted by Crippen LogP contribution is -2.14. The van der Waals surface area contributed by atoms with Crippen molar-refractivity contribution in [1.29, 1.82) is 0 Å². The lowest BCUT2D eigenvalue weighted by atomic mass is 10.0. The minimum atomic E-state index is 0.0687. The summed E-state index contributed by atoms with van der Waals surface area (Å²) < 4.78 is 16.6. The second-order valence-electron chi connectivity index (χ2n) is 4.70. The molecule has 0 aromatic heterocycles. The molecule has 0 bridgehead atoms. The van der Waals surface area contributed by atoms with Crippen molar-refractivity contribution in [2.24, 2.45) is 0 Å². The number of phenols is 1. The summed E-state index contributed by atoms with van der Waals surface area (Å²) in [6.45, 7) is 1.03. The molecule has 104 valence electrons. The molecule has 2 aromatic carbocycles. The zero-order valence-electron chi connectivity index (χ0n) is 11.2. The van der Waals surface area contributed by atoms with Gasteiger partial charge in [0.15, 0.2) is 23.0 Å². The van der Waals surface area contributed by atoms with E-state index in [0.29, 0.717) is 19.0 Å². The van der Waals surface area contributed by atoms with E-state index < -0.39 is 0 Å². The Hall–Kier alpha value is -2.36. The summed E-state index contributed by atoms with van der Waals surface area (Å²) in [4.78, 5) is 0. The summed E-state index contributed by atoms with van der Waals surface area (Å²) in [6.07, 6.45) is 0. The third-order valence-corrected chi connectivity index (χ3v) is 3.40. The first-order valence-corrected chi connectivity index (χ1v) is 6.49. The van der Waals surface area contributed by atoms with E-state index in [2.05, 4.69) is 0 Å². The largest absolute Gasteiger partial charge is 0.504 e. The summed E-state index contributed by atoms with van der Waals surface area (Å²) in [5.74, 6) is 2.18. The van der Waals surface area contributed by atoms with Crippen LogP contribution < -0.4 is 14.2 Å². The Morgan fingerprint density at radius 1 is 1.05 bits per heavy atom. The fraction of sp³-hybridized carbons (Fsp3) is 0.250. The Morgan fingerprint density at radius 2 is 1.70 bits per heavy atom. The molecule has 4 heteroatoms. The highest BCUT2D eigenvalue weighted by Crippen LogP contribution is 2.34. The Kier molecular flexibility index (Phi) is 3.37. The van der Waals surface area contributed by atoms with Gasteiger partial charge in [-0.05, 0) is 29.8 Å². The van der Waals surface area contributed by atoms with Crippen molar-refractivity contribution in [3.05, 3.63) is 48.0 Å². The topological polar surface area (TPSA) is 47.9 Å². The van der Waals surface area contributed by atoms with Gasteiger partial charge in [-0.2, -0.15) is 0 Å². The quantitative estimate of drug-likeness (QED) is 0.913. The van der Waals surface area contributed by atoms with Crippen molar-refractivity contribution in [3.63, 3.8) is 0 Å². The highest BCUT2D eigenvalue weighted by Gasteiger charge is 2.20. The molecule has 3 rings (SSSR count). The Labute approximate surface area is 117 Å². The number of para-hydroxylation sites is 2. The molecule has 2 aromatic rings. The zero-order valence-corrected chi connectivity index (χ0v) is 11.2. The predicted molar refractivity (Wildman–Crippen MR) is 74.8 cm³/mol. The first kappa shape index (κ1) is 12.7. The molecular weight excluding hydrogens is 256 g/mol. The molecule has 0 spiro atoms. The van der Waals surface area contributed by atoms with Crippen LogP contribution in [-0.2, 0) is 0 Å². The van der Waals surface area contributed by atoms with Crippen LogP contribution in [-0.4, -0.2) is 25.4 Å². The summed E-state index contributed by atoms with van der Waals surface area (Å²) in [7, 11) is 1.53. The van der Waals surface area contributed by atoms with E-state index >= 15 is 0 Å². The Morgan fingerprint density at radius 3 is 2.25 bits per heavy atom. The van der Waals surface area contributed by atoms with Crippen LogP contribution in [0.25, 0.3) is 0 Å². The molecule has 1 aliphatic heterocycles. The van der Waals surface area contributed by atoms with E-state index in [1.165, 1.54) is 7.11 Å². The monoisotopic (exact) mass is 272 g/mol. The molecule has 0 amide bonds. The van der Waals surface area contributed by atoms with Crippen molar-refractivity contribution in [1.82, 2.24) is 0 Å². The molecule has 0 fully saturated rings. The fourth-order valence-electron chi connectivity index (χ4n) is 2.27. The van der Waals surface area contributed by atoms with Crippen LogP contribution in [0.3, 0.4) is 0 Å². The number of rotatable bonds is 2. The van der Waals surface area contributed by atoms with Crippen LogP contribution in [0.5, 0.6) is 23.0 Å². The van der Waals surface area contributed by atoms with Gasteiger partial charge in [-0.3, -0.25) is 0 Å². The van der Waals surface area contributed by atoms with E-state index in [1.807, 2.05) is 30.3 Å². The summed E-state index contributed by atoms with van der Waals surface area (Å²) in [5, 5.41) is 9.86. The SMILES string of the molecule is COc1ccc(C2COc3ccccc3OC2)cc1O. The van der Waals surface area contributed by atoms with Gasteiger partial charge in [0.2, 0.25) is 0 Å². The van der Waals surface area contributed by atoms with Gasteiger partial charge in [0, 0.05) is 0 Å². The molecule has 0 saturated carbocycles. The summed E-state index contributed by atoms with van der Waals surface area (Å²) >= 11 is 0. The fourth-order valence-corrected chi connectivity index (χ4v) is 2.27. The number of aromatic hydroxyl groups is 1. The van der Waals surface area contributed by atoms with E-state index in [9.17, 15) is 5.11 Å². The summed E-state index contributed by atoms with van der Waals surface area (Å²) in [5.41, 5.74) is 0.969. The second kappa shape index (κ2) is 5.33. The van der Waals surface area contributed by atoms with E-state index in [1.54, 1.807) is 12.1 Å². The van der Waals surface area contributed by atoms with Gasteiger partial charge < -0.3 is 19.3 Å². The number of benzene rings is 2. The number of fused-ring (bicyclic) bond motifs is 1. The van der Waals surface area contributed by atoms with E-state index in [4.69, 9.17) is 14.2 Å². The molecule has 4 nitrogen and oxygen atoms in total. The maximum atomic E-state index is 9.86. The van der Waals surface area contributed by atoms with Crippen LogP contribution >= 0.6 is 0 Å². The smallest absolute Gasteiger partial charge is 0.161 e. The van der Waals surface area contributed by atoms with Crippen molar-refractivity contribution in [3.8, 4) is 23.0 Å². The highest BCUT2D eigenvalue weighted by molar-refractivity contribution is 5.44. The van der Waals surface area contributed by atoms with Gasteiger partial charge in [-0.25, -0.2) is 0 Å². The average Bonchev–Trinajstić information content (AvgIpc) is 2.70. The zero-order chi connectivity index (χ0) is 13.9. The first-order valence-electron chi connectivity index (χ1n) is 6.49. The Balaban J connectivity index is 1.81. The van der Waals surface area contributed by atoms with Gasteiger partial charge in [0.05, 0.1) is 26.2 Å². The molecule has 1 heterocycles. The number of hydrogen-bond donors (Lipinski definition) is 1. The predicted octanol–water partition coefficient (Wildman–Crippen LogP) is 2.96. The molecule has 0 saturated heterocycles. The van der Waals surface area contributed by atoms with Crippen molar-refractivity contribution >= 4 is 0 Å². The van der Waals surface area contributed by atoms with Crippen LogP contribution in [0, 0.1) is 0 Å². The third-order valence-electron chi connectivity index (χ3n) is 3.40. The maximum Gasteiger partial charge on any atom is 0.161 e. The number of hydrogen-bond acceptors (Lipinski definition) is 4. The molecular formula is C16H16O4. The Bertz CT molecular complexity index is 582. The highest BCUT2D eigenvalue weighted by atomic mass is 16.5. The molecule has 0 atom stereocenters. The van der Waals surface area contributed by atoms with Crippen LogP contribution in [0.2, 0.25) is 0 Å². The molecule has 20 heavy (non-hydrogen) atoms. The summed E-state index contributed by atoms with van der Waals surface area (Å²) in [6, 6.07) is 13.0. The van der Waals surface area contributed by atoms with Gasteiger partial charge in [-0.1, -0.05) is 18.2 Å². The molecule has 0 radical (unpaired) electrons. The van der Waals surface area contributed by atoms with Gasteiger partial charge in [0.25, 0.3) is 0 Å². The number of ether oxygens (including phenoxy) is 3. The lowest BCUT2D eigenvalue weighted by Gasteiger charge is -2.15. The van der Waals surface area contributed by atoms with Crippen LogP contribution in [0.4, 0.5) is 0 Å². The minimum absolute atomic E-state index is 0.0687. The minimum Gasteiger partial charge on any atom is -0.504 e. The van der Waals surface area contributed by atoms with Crippen molar-refractivity contribution < 1.29 is 19.3 Å². The van der Waals surface area contributed by atoms with E-state index in [0.717, 1.165) is 17.1 Å². The van der Waals surface area contributed by atoms with Crippen molar-refractivity contribution in [2.75, 3.05) is 20.3 Å². The van der Waals surface area contributed by atoms with Gasteiger partial charge >= 0.3 is 0 Å². The average molecular weight is 272 g/mol.